The fourth-order valence-corrected chi connectivity index (χ4v) is 3.40. The van der Waals surface area contributed by atoms with E-state index in [1.165, 1.54) is 0 Å². The van der Waals surface area contributed by atoms with E-state index in [9.17, 15) is 4.21 Å². The van der Waals surface area contributed by atoms with Gasteiger partial charge in [-0.2, -0.15) is 5.10 Å². The van der Waals surface area contributed by atoms with Crippen molar-refractivity contribution in [2.45, 2.75) is 12.5 Å². The molecular weight excluding hydrogens is 238 g/mol. The van der Waals surface area contributed by atoms with Gasteiger partial charge in [-0.3, -0.25) is 9.91 Å². The van der Waals surface area contributed by atoms with Crippen LogP contribution in [-0.4, -0.2) is 59.1 Å². The molecule has 0 aliphatic carbocycles. The summed E-state index contributed by atoms with van der Waals surface area (Å²) in [5.74, 6) is 0. The van der Waals surface area contributed by atoms with Crippen molar-refractivity contribution in [3.8, 4) is 0 Å². The first kappa shape index (κ1) is 12.7. The molecule has 2 rings (SSSR count). The molecule has 1 spiro atoms. The maximum atomic E-state index is 11.5. The summed E-state index contributed by atoms with van der Waals surface area (Å²) in [5, 5.41) is 6.21. The van der Waals surface area contributed by atoms with Crippen LogP contribution in [0.2, 0.25) is 0 Å². The van der Waals surface area contributed by atoms with Crippen LogP contribution in [0.3, 0.4) is 0 Å². The van der Waals surface area contributed by atoms with Gasteiger partial charge in [-0.1, -0.05) is 6.58 Å². The van der Waals surface area contributed by atoms with Gasteiger partial charge in [0.1, 0.15) is 0 Å². The first-order valence-corrected chi connectivity index (χ1v) is 6.75. The molecule has 6 nitrogen and oxygen atoms in total. The van der Waals surface area contributed by atoms with E-state index in [2.05, 4.69) is 26.0 Å². The highest BCUT2D eigenvalue weighted by molar-refractivity contribution is 7.81. The number of nitrogens with one attached hydrogen (secondary N) is 2. The van der Waals surface area contributed by atoms with E-state index in [4.69, 9.17) is 0 Å². The van der Waals surface area contributed by atoms with Crippen LogP contribution in [0.25, 0.3) is 0 Å². The highest BCUT2D eigenvalue weighted by atomic mass is 32.2. The van der Waals surface area contributed by atoms with Crippen molar-refractivity contribution in [1.82, 2.24) is 19.4 Å². The lowest BCUT2D eigenvalue weighted by Gasteiger charge is -2.30. The van der Waals surface area contributed by atoms with E-state index >= 15 is 0 Å². The second-order valence-corrected chi connectivity index (χ2v) is 5.67. The molecule has 0 bridgehead atoms. The van der Waals surface area contributed by atoms with E-state index < -0.39 is 11.2 Å². The Morgan fingerprint density at radius 3 is 2.94 bits per heavy atom. The molecule has 0 radical (unpaired) electrons. The number of hydrogen-bond donors (Lipinski definition) is 2. The summed E-state index contributed by atoms with van der Waals surface area (Å²) in [6.07, 6.45) is 1.75. The fourth-order valence-electron chi connectivity index (χ4n) is 2.32. The van der Waals surface area contributed by atoms with Crippen molar-refractivity contribution >= 4 is 17.4 Å². The molecule has 17 heavy (non-hydrogen) atoms. The van der Waals surface area contributed by atoms with Gasteiger partial charge in [-0.25, -0.2) is 13.7 Å². The molecule has 2 atom stereocenters. The lowest BCUT2D eigenvalue weighted by molar-refractivity contribution is 0.247. The Bertz CT molecular complexity index is 372. The third kappa shape index (κ3) is 2.74. The van der Waals surface area contributed by atoms with Gasteiger partial charge in [0, 0.05) is 31.5 Å². The minimum Gasteiger partial charge on any atom is -0.299 e. The van der Waals surface area contributed by atoms with Gasteiger partial charge in [0.2, 0.25) is 0 Å². The minimum absolute atomic E-state index is 0.231. The molecule has 2 N–H and O–H groups in total. The molecule has 96 valence electrons. The molecule has 2 fully saturated rings. The predicted octanol–water partition coefficient (Wildman–Crippen LogP) is -0.736. The average Bonchev–Trinajstić information content (AvgIpc) is 2.53. The largest absolute Gasteiger partial charge is 0.299 e. The average molecular weight is 257 g/mol. The fraction of sp³-hybridized carbons (Fsp3) is 0.700. The van der Waals surface area contributed by atoms with Gasteiger partial charge in [0.15, 0.2) is 11.2 Å². The zero-order valence-electron chi connectivity index (χ0n) is 10.3. The highest BCUT2D eigenvalue weighted by Gasteiger charge is 2.42. The van der Waals surface area contributed by atoms with Gasteiger partial charge in [0.25, 0.3) is 0 Å². The lowest BCUT2D eigenvalue weighted by atomic mass is 10.0. The second kappa shape index (κ2) is 4.85. The summed E-state index contributed by atoms with van der Waals surface area (Å²) < 4.78 is 17.5. The Morgan fingerprint density at radius 2 is 2.35 bits per heavy atom. The topological polar surface area (TPSA) is 60.0 Å². The molecule has 2 heterocycles. The Kier molecular flexibility index (Phi) is 3.62. The molecule has 2 aliphatic heterocycles. The summed E-state index contributed by atoms with van der Waals surface area (Å²) in [7, 11) is 2.04. The van der Waals surface area contributed by atoms with E-state index in [0.29, 0.717) is 13.1 Å². The normalized spacial score (nSPS) is 36.0. The van der Waals surface area contributed by atoms with Crippen LogP contribution in [0.4, 0.5) is 0 Å². The molecule has 2 unspecified atom stereocenters. The summed E-state index contributed by atoms with van der Waals surface area (Å²) in [6.45, 7) is 8.87. The summed E-state index contributed by atoms with van der Waals surface area (Å²) in [5.41, 5.74) is 0.730. The van der Waals surface area contributed by atoms with Gasteiger partial charge < -0.3 is 0 Å². The van der Waals surface area contributed by atoms with Gasteiger partial charge >= 0.3 is 0 Å². The molecule has 2 saturated heterocycles. The molecule has 0 saturated carbocycles. The van der Waals surface area contributed by atoms with Crippen LogP contribution in [0.1, 0.15) is 6.92 Å². The third-order valence-electron chi connectivity index (χ3n) is 2.95. The number of nitrogens with zero attached hydrogens (tertiary/aromatic N) is 3. The maximum Gasteiger partial charge on any atom is 0.167 e. The number of hydrogen-bond acceptors (Lipinski definition) is 4. The van der Waals surface area contributed by atoms with Crippen LogP contribution < -0.4 is 9.44 Å². The number of rotatable bonds is 1. The van der Waals surface area contributed by atoms with E-state index in [0.717, 1.165) is 18.8 Å². The summed E-state index contributed by atoms with van der Waals surface area (Å²) in [4.78, 5) is 2.17. The van der Waals surface area contributed by atoms with Crippen molar-refractivity contribution in [2.75, 3.05) is 33.2 Å². The molecule has 7 heteroatoms. The number of hydrazone groups is 1. The third-order valence-corrected chi connectivity index (χ3v) is 3.97. The first-order chi connectivity index (χ1) is 8.04. The zero-order chi connectivity index (χ0) is 12.5. The van der Waals surface area contributed by atoms with Crippen LogP contribution in [0, 0.1) is 0 Å². The quantitative estimate of drug-likeness (QED) is 0.609. The minimum atomic E-state index is -1.15. The lowest BCUT2D eigenvalue weighted by Crippen LogP contribution is -2.55. The van der Waals surface area contributed by atoms with Crippen LogP contribution in [0.15, 0.2) is 17.4 Å². The molecule has 0 aromatic heterocycles. The monoisotopic (exact) mass is 257 g/mol. The number of likely N-dealkylation sites (N-methyl/N-ethyl adjacent to an activating group) is 1. The highest BCUT2D eigenvalue weighted by Crippen LogP contribution is 2.21. The SMILES string of the molecule is C=C1CN(C)CC2(CNS(=O)N2)CN1/N=C\C. The molecule has 0 aromatic carbocycles. The Hall–Kier alpha value is -0.760. The standard InChI is InChI=1S/C10H19N5OS/c1-4-11-15-8-10(6-12-17(16)13-10)7-14(3)5-9(15)2/h4,12-13H,2,5-8H2,1,3H3/b11-4-. The van der Waals surface area contributed by atoms with Crippen molar-refractivity contribution < 1.29 is 4.21 Å². The van der Waals surface area contributed by atoms with Crippen molar-refractivity contribution in [2.24, 2.45) is 5.10 Å². The molecule has 0 amide bonds. The van der Waals surface area contributed by atoms with Crippen molar-refractivity contribution in [3.05, 3.63) is 12.3 Å². The van der Waals surface area contributed by atoms with Crippen LogP contribution in [-0.2, 0) is 11.2 Å². The van der Waals surface area contributed by atoms with Crippen LogP contribution in [0.5, 0.6) is 0 Å². The smallest absolute Gasteiger partial charge is 0.167 e. The van der Waals surface area contributed by atoms with Gasteiger partial charge in [-0.15, -0.1) is 0 Å². The molecule has 2 aliphatic rings. The molecular formula is C10H19N5OS. The molecule has 0 aromatic rings. The Labute approximate surface area is 104 Å². The van der Waals surface area contributed by atoms with Gasteiger partial charge in [0.05, 0.1) is 12.1 Å². The van der Waals surface area contributed by atoms with Crippen molar-refractivity contribution in [1.29, 1.82) is 0 Å². The van der Waals surface area contributed by atoms with E-state index in [1.54, 1.807) is 6.21 Å². The zero-order valence-corrected chi connectivity index (χ0v) is 11.1. The summed E-state index contributed by atoms with van der Waals surface area (Å²) in [6, 6.07) is 0. The predicted molar refractivity (Wildman–Crippen MR) is 69.5 cm³/mol. The maximum absolute atomic E-state index is 11.5. The Balaban J connectivity index is 2.22. The first-order valence-electron chi connectivity index (χ1n) is 5.60. The summed E-state index contributed by atoms with van der Waals surface area (Å²) >= 11 is -1.15. The second-order valence-electron chi connectivity index (χ2n) is 4.64. The van der Waals surface area contributed by atoms with Crippen molar-refractivity contribution in [3.63, 3.8) is 0 Å². The van der Waals surface area contributed by atoms with E-state index in [1.807, 2.05) is 19.0 Å². The van der Waals surface area contributed by atoms with Crippen LogP contribution >= 0.6 is 0 Å². The Morgan fingerprint density at radius 1 is 1.59 bits per heavy atom. The van der Waals surface area contributed by atoms with Gasteiger partial charge in [-0.05, 0) is 14.0 Å². The van der Waals surface area contributed by atoms with E-state index in [-0.39, 0.29) is 5.54 Å².